The van der Waals surface area contributed by atoms with Crippen LogP contribution in [-0.4, -0.2) is 23.9 Å². The van der Waals surface area contributed by atoms with Crippen LogP contribution < -0.4 is 0 Å². The fourth-order valence-electron chi connectivity index (χ4n) is 2.38. The van der Waals surface area contributed by atoms with Gasteiger partial charge in [0.2, 0.25) is 0 Å². The Morgan fingerprint density at radius 3 is 2.76 bits per heavy atom. The lowest BCUT2D eigenvalue weighted by Crippen LogP contribution is -2.35. The maximum Gasteiger partial charge on any atom is 0.253 e. The van der Waals surface area contributed by atoms with Crippen molar-refractivity contribution in [3.05, 3.63) is 35.4 Å². The second kappa shape index (κ2) is 5.01. The smallest absolute Gasteiger partial charge is 0.253 e. The van der Waals surface area contributed by atoms with Gasteiger partial charge < -0.3 is 4.90 Å². The largest absolute Gasteiger partial charge is 0.339 e. The summed E-state index contributed by atoms with van der Waals surface area (Å²) in [5.41, 5.74) is 1.15. The lowest BCUT2D eigenvalue weighted by Gasteiger charge is -2.24. The van der Waals surface area contributed by atoms with Gasteiger partial charge in [0.05, 0.1) is 11.6 Å². The molecule has 1 aliphatic carbocycles. The summed E-state index contributed by atoms with van der Waals surface area (Å²) in [6, 6.07) is 9.33. The van der Waals surface area contributed by atoms with Crippen molar-refractivity contribution in [3.63, 3.8) is 0 Å². The van der Waals surface area contributed by atoms with E-state index >= 15 is 0 Å². The highest BCUT2D eigenvalue weighted by atomic mass is 16.2. The number of benzene rings is 1. The number of nitriles is 1. The van der Waals surface area contributed by atoms with E-state index in [4.69, 9.17) is 5.26 Å². The van der Waals surface area contributed by atoms with Crippen LogP contribution in [0, 0.1) is 11.3 Å². The van der Waals surface area contributed by atoms with Crippen molar-refractivity contribution in [1.29, 1.82) is 5.26 Å². The van der Waals surface area contributed by atoms with E-state index in [1.807, 2.05) is 11.9 Å². The van der Waals surface area contributed by atoms with Crippen molar-refractivity contribution in [3.8, 4) is 6.07 Å². The second-order valence-electron chi connectivity index (χ2n) is 4.55. The number of amides is 1. The van der Waals surface area contributed by atoms with Crippen LogP contribution in [0.3, 0.4) is 0 Å². The maximum atomic E-state index is 12.2. The molecule has 17 heavy (non-hydrogen) atoms. The van der Waals surface area contributed by atoms with Crippen LogP contribution >= 0.6 is 0 Å². The van der Waals surface area contributed by atoms with Crippen LogP contribution in [0.2, 0.25) is 0 Å². The number of hydrogen-bond donors (Lipinski definition) is 0. The quantitative estimate of drug-likeness (QED) is 0.780. The van der Waals surface area contributed by atoms with Gasteiger partial charge in [-0.15, -0.1) is 0 Å². The SMILES string of the molecule is CN(C(=O)c1cccc(C#N)c1)C1CCCC1. The summed E-state index contributed by atoms with van der Waals surface area (Å²) >= 11 is 0. The van der Waals surface area contributed by atoms with Gasteiger partial charge in [-0.1, -0.05) is 18.9 Å². The third-order valence-electron chi connectivity index (χ3n) is 3.43. The zero-order valence-corrected chi connectivity index (χ0v) is 10.0. The average Bonchev–Trinajstić information content (AvgIpc) is 2.91. The summed E-state index contributed by atoms with van der Waals surface area (Å²) in [6.07, 6.45) is 4.61. The highest BCUT2D eigenvalue weighted by Crippen LogP contribution is 2.23. The van der Waals surface area contributed by atoms with Crippen molar-refractivity contribution in [2.45, 2.75) is 31.7 Å². The Bertz CT molecular complexity index is 456. The van der Waals surface area contributed by atoms with Crippen LogP contribution in [0.1, 0.15) is 41.6 Å². The van der Waals surface area contributed by atoms with Gasteiger partial charge in [-0.3, -0.25) is 4.79 Å². The van der Waals surface area contributed by atoms with Crippen LogP contribution in [0.25, 0.3) is 0 Å². The standard InChI is InChI=1S/C14H16N2O/c1-16(13-7-2-3-8-13)14(17)12-6-4-5-11(9-12)10-15/h4-6,9,13H,2-3,7-8H2,1H3. The third kappa shape index (κ3) is 2.47. The minimum atomic E-state index is 0.0222. The van der Waals surface area contributed by atoms with E-state index in [-0.39, 0.29) is 5.91 Å². The Morgan fingerprint density at radius 2 is 2.12 bits per heavy atom. The van der Waals surface area contributed by atoms with Crippen LogP contribution in [-0.2, 0) is 0 Å². The summed E-state index contributed by atoms with van der Waals surface area (Å²) in [7, 11) is 1.86. The van der Waals surface area contributed by atoms with E-state index in [0.717, 1.165) is 12.8 Å². The first kappa shape index (κ1) is 11.7. The lowest BCUT2D eigenvalue weighted by atomic mass is 10.1. The van der Waals surface area contributed by atoms with Crippen LogP contribution in [0.4, 0.5) is 0 Å². The molecule has 3 heteroatoms. The van der Waals surface area contributed by atoms with Crippen molar-refractivity contribution in [2.75, 3.05) is 7.05 Å². The van der Waals surface area contributed by atoms with Gasteiger partial charge >= 0.3 is 0 Å². The van der Waals surface area contributed by atoms with E-state index in [2.05, 4.69) is 6.07 Å². The topological polar surface area (TPSA) is 44.1 Å². The molecule has 0 spiro atoms. The first-order valence-electron chi connectivity index (χ1n) is 5.99. The summed E-state index contributed by atoms with van der Waals surface area (Å²) in [5, 5.41) is 8.82. The van der Waals surface area contributed by atoms with Crippen LogP contribution in [0.5, 0.6) is 0 Å². The highest BCUT2D eigenvalue weighted by molar-refractivity contribution is 5.94. The molecule has 1 saturated carbocycles. The van der Waals surface area contributed by atoms with Crippen molar-refractivity contribution < 1.29 is 4.79 Å². The molecule has 0 N–H and O–H groups in total. The fraction of sp³-hybridized carbons (Fsp3) is 0.429. The molecule has 1 aromatic carbocycles. The monoisotopic (exact) mass is 228 g/mol. The summed E-state index contributed by atoms with van der Waals surface area (Å²) in [4.78, 5) is 14.0. The maximum absolute atomic E-state index is 12.2. The molecule has 0 aliphatic heterocycles. The molecule has 0 atom stereocenters. The molecule has 0 unspecified atom stereocenters. The number of carbonyl (C=O) groups is 1. The molecule has 2 rings (SSSR count). The van der Waals surface area contributed by atoms with Gasteiger partial charge in [0.15, 0.2) is 0 Å². The highest BCUT2D eigenvalue weighted by Gasteiger charge is 2.24. The van der Waals surface area contributed by atoms with Crippen molar-refractivity contribution in [2.24, 2.45) is 0 Å². The average molecular weight is 228 g/mol. The zero-order chi connectivity index (χ0) is 12.3. The van der Waals surface area contributed by atoms with Crippen molar-refractivity contribution >= 4 is 5.91 Å². The number of hydrogen-bond acceptors (Lipinski definition) is 2. The second-order valence-corrected chi connectivity index (χ2v) is 4.55. The Kier molecular flexibility index (Phi) is 3.43. The molecule has 0 radical (unpaired) electrons. The van der Waals surface area contributed by atoms with E-state index < -0.39 is 0 Å². The summed E-state index contributed by atoms with van der Waals surface area (Å²) in [6.45, 7) is 0. The Labute approximate surface area is 102 Å². The fourth-order valence-corrected chi connectivity index (χ4v) is 2.38. The Hall–Kier alpha value is -1.82. The van der Waals surface area contributed by atoms with E-state index in [1.54, 1.807) is 24.3 Å². The molecule has 0 saturated heterocycles. The number of nitrogens with zero attached hydrogens (tertiary/aromatic N) is 2. The molecule has 1 aromatic rings. The molecule has 88 valence electrons. The zero-order valence-electron chi connectivity index (χ0n) is 10.0. The molecule has 1 amide bonds. The first-order valence-corrected chi connectivity index (χ1v) is 5.99. The molecule has 1 fully saturated rings. The van der Waals surface area contributed by atoms with Gasteiger partial charge in [-0.05, 0) is 31.0 Å². The van der Waals surface area contributed by atoms with Gasteiger partial charge in [-0.25, -0.2) is 0 Å². The van der Waals surface area contributed by atoms with Crippen molar-refractivity contribution in [1.82, 2.24) is 4.90 Å². The Morgan fingerprint density at radius 1 is 1.41 bits per heavy atom. The molecule has 3 nitrogen and oxygen atoms in total. The Balaban J connectivity index is 2.15. The van der Waals surface area contributed by atoms with E-state index in [9.17, 15) is 4.79 Å². The molecular formula is C14H16N2O. The van der Waals surface area contributed by atoms with Gasteiger partial charge in [-0.2, -0.15) is 5.26 Å². The number of rotatable bonds is 2. The van der Waals surface area contributed by atoms with Crippen LogP contribution in [0.15, 0.2) is 24.3 Å². The predicted octanol–water partition coefficient (Wildman–Crippen LogP) is 2.57. The van der Waals surface area contributed by atoms with Gasteiger partial charge in [0.25, 0.3) is 5.91 Å². The number of carbonyl (C=O) groups excluding carboxylic acids is 1. The summed E-state index contributed by atoms with van der Waals surface area (Å²) < 4.78 is 0. The minimum Gasteiger partial charge on any atom is -0.339 e. The minimum absolute atomic E-state index is 0.0222. The predicted molar refractivity (Wildman–Crippen MR) is 65.5 cm³/mol. The molecular weight excluding hydrogens is 212 g/mol. The third-order valence-corrected chi connectivity index (χ3v) is 3.43. The summed E-state index contributed by atoms with van der Waals surface area (Å²) in [5.74, 6) is 0.0222. The van der Waals surface area contributed by atoms with Gasteiger partial charge in [0, 0.05) is 18.7 Å². The molecule has 0 heterocycles. The van der Waals surface area contributed by atoms with Gasteiger partial charge in [0.1, 0.15) is 0 Å². The van der Waals surface area contributed by atoms with E-state index in [1.165, 1.54) is 12.8 Å². The lowest BCUT2D eigenvalue weighted by molar-refractivity contribution is 0.0735. The normalized spacial score (nSPS) is 15.5. The molecule has 1 aliphatic rings. The molecule has 0 aromatic heterocycles. The first-order chi connectivity index (χ1) is 8.22. The van der Waals surface area contributed by atoms with E-state index in [0.29, 0.717) is 17.2 Å². The molecule has 0 bridgehead atoms.